The number of carbonyl (C=O) groups excluding carboxylic acids is 1. The SMILES string of the molecule is Cc1cc(C)c2sc(N(CCCN3CCOCC3)C(=O)COc3ccc(C(C)C)cc3)nc2c1. The first-order valence-electron chi connectivity index (χ1n) is 12.1. The molecule has 1 aromatic heterocycles. The summed E-state index contributed by atoms with van der Waals surface area (Å²) in [4.78, 5) is 22.4. The Labute approximate surface area is 206 Å². The molecule has 2 heterocycles. The van der Waals surface area contributed by atoms with Crippen LogP contribution < -0.4 is 9.64 Å². The van der Waals surface area contributed by atoms with Crippen LogP contribution in [0.1, 0.15) is 42.9 Å². The van der Waals surface area contributed by atoms with E-state index in [4.69, 9.17) is 14.5 Å². The number of morpholine rings is 1. The molecule has 7 heteroatoms. The highest BCUT2D eigenvalue weighted by Gasteiger charge is 2.22. The highest BCUT2D eigenvalue weighted by Crippen LogP contribution is 2.32. The summed E-state index contributed by atoms with van der Waals surface area (Å²) in [5.74, 6) is 1.11. The predicted molar refractivity (Wildman–Crippen MR) is 139 cm³/mol. The van der Waals surface area contributed by atoms with Crippen LogP contribution in [0.25, 0.3) is 10.2 Å². The Morgan fingerprint density at radius 3 is 2.62 bits per heavy atom. The maximum absolute atomic E-state index is 13.3. The van der Waals surface area contributed by atoms with Gasteiger partial charge < -0.3 is 9.47 Å². The average Bonchev–Trinajstić information content (AvgIpc) is 3.25. The molecule has 0 aliphatic carbocycles. The summed E-state index contributed by atoms with van der Waals surface area (Å²) < 4.78 is 12.5. The van der Waals surface area contributed by atoms with E-state index in [1.165, 1.54) is 16.7 Å². The summed E-state index contributed by atoms with van der Waals surface area (Å²) in [7, 11) is 0. The summed E-state index contributed by atoms with van der Waals surface area (Å²) in [6.45, 7) is 13.5. The van der Waals surface area contributed by atoms with E-state index in [2.05, 4.69) is 56.9 Å². The van der Waals surface area contributed by atoms with E-state index in [0.717, 1.165) is 54.6 Å². The molecule has 0 N–H and O–H groups in total. The molecular formula is C27H35N3O3S. The molecule has 0 saturated carbocycles. The molecule has 182 valence electrons. The fourth-order valence-corrected chi connectivity index (χ4v) is 5.32. The van der Waals surface area contributed by atoms with Gasteiger partial charge in [-0.25, -0.2) is 4.98 Å². The molecule has 1 aliphatic rings. The number of carbonyl (C=O) groups is 1. The number of hydrogen-bond donors (Lipinski definition) is 0. The van der Waals surface area contributed by atoms with Crippen molar-refractivity contribution in [3.8, 4) is 5.75 Å². The Morgan fingerprint density at radius 2 is 1.91 bits per heavy atom. The normalized spacial score (nSPS) is 14.6. The lowest BCUT2D eigenvalue weighted by Gasteiger charge is -2.27. The number of rotatable bonds is 9. The molecule has 0 atom stereocenters. The number of aromatic nitrogens is 1. The van der Waals surface area contributed by atoms with Crippen molar-refractivity contribution in [2.75, 3.05) is 50.9 Å². The topological polar surface area (TPSA) is 54.9 Å². The number of thiazole rings is 1. The van der Waals surface area contributed by atoms with Gasteiger partial charge in [0.15, 0.2) is 11.7 Å². The Kier molecular flexibility index (Phi) is 8.19. The molecule has 0 radical (unpaired) electrons. The number of benzene rings is 2. The van der Waals surface area contributed by atoms with Gasteiger partial charge in [0.2, 0.25) is 0 Å². The fraction of sp³-hybridized carbons (Fsp3) is 0.481. The van der Waals surface area contributed by atoms with Gasteiger partial charge >= 0.3 is 0 Å². The van der Waals surface area contributed by atoms with Crippen LogP contribution in [0.3, 0.4) is 0 Å². The van der Waals surface area contributed by atoms with Gasteiger partial charge in [-0.1, -0.05) is 43.4 Å². The van der Waals surface area contributed by atoms with Crippen LogP contribution in [0.2, 0.25) is 0 Å². The molecule has 6 nitrogen and oxygen atoms in total. The zero-order chi connectivity index (χ0) is 24.1. The van der Waals surface area contributed by atoms with Crippen LogP contribution in [-0.4, -0.2) is 61.8 Å². The largest absolute Gasteiger partial charge is 0.484 e. The van der Waals surface area contributed by atoms with E-state index in [1.807, 2.05) is 17.0 Å². The smallest absolute Gasteiger partial charge is 0.266 e. The quantitative estimate of drug-likeness (QED) is 0.422. The Bertz CT molecular complexity index is 1100. The Hall–Kier alpha value is -2.48. The number of ether oxygens (including phenoxy) is 2. The van der Waals surface area contributed by atoms with E-state index >= 15 is 0 Å². The van der Waals surface area contributed by atoms with E-state index < -0.39 is 0 Å². The third-order valence-corrected chi connectivity index (χ3v) is 7.44. The monoisotopic (exact) mass is 481 g/mol. The van der Waals surface area contributed by atoms with Crippen molar-refractivity contribution in [2.45, 2.75) is 40.0 Å². The number of amides is 1. The standard InChI is InChI=1S/C27H35N3O3S/c1-19(2)22-6-8-23(9-7-22)33-18-25(31)30(11-5-10-29-12-14-32-15-13-29)27-28-24-17-20(3)16-21(4)26(24)34-27/h6-9,16-17,19H,5,10-15,18H2,1-4H3. The van der Waals surface area contributed by atoms with Gasteiger partial charge in [0.05, 0.1) is 23.4 Å². The van der Waals surface area contributed by atoms with Crippen LogP contribution in [0.15, 0.2) is 36.4 Å². The highest BCUT2D eigenvalue weighted by molar-refractivity contribution is 7.22. The fourth-order valence-electron chi connectivity index (χ4n) is 4.26. The summed E-state index contributed by atoms with van der Waals surface area (Å²) in [6.07, 6.45) is 0.878. The molecule has 0 unspecified atom stereocenters. The average molecular weight is 482 g/mol. The number of aryl methyl sites for hydroxylation is 2. The van der Waals surface area contributed by atoms with Crippen LogP contribution >= 0.6 is 11.3 Å². The first-order chi connectivity index (χ1) is 16.4. The molecule has 1 aliphatic heterocycles. The van der Waals surface area contributed by atoms with Gasteiger partial charge in [-0.2, -0.15) is 0 Å². The lowest BCUT2D eigenvalue weighted by atomic mass is 10.0. The van der Waals surface area contributed by atoms with Crippen molar-refractivity contribution in [2.24, 2.45) is 0 Å². The van der Waals surface area contributed by atoms with Gasteiger partial charge in [0, 0.05) is 26.2 Å². The first-order valence-corrected chi connectivity index (χ1v) is 12.9. The second-order valence-electron chi connectivity index (χ2n) is 9.29. The second kappa shape index (κ2) is 11.3. The summed E-state index contributed by atoms with van der Waals surface area (Å²) in [5.41, 5.74) is 4.58. The van der Waals surface area contributed by atoms with Crippen molar-refractivity contribution in [1.82, 2.24) is 9.88 Å². The highest BCUT2D eigenvalue weighted by atomic mass is 32.1. The molecule has 1 saturated heterocycles. The maximum atomic E-state index is 13.3. The van der Waals surface area contributed by atoms with Crippen LogP contribution in [0, 0.1) is 13.8 Å². The van der Waals surface area contributed by atoms with Crippen molar-refractivity contribution in [3.63, 3.8) is 0 Å². The molecule has 34 heavy (non-hydrogen) atoms. The number of hydrogen-bond acceptors (Lipinski definition) is 6. The molecule has 1 amide bonds. The van der Waals surface area contributed by atoms with Crippen LogP contribution in [0.5, 0.6) is 5.75 Å². The molecule has 3 aromatic rings. The van der Waals surface area contributed by atoms with Gasteiger partial charge in [-0.3, -0.25) is 14.6 Å². The maximum Gasteiger partial charge on any atom is 0.266 e. The van der Waals surface area contributed by atoms with Gasteiger partial charge in [0.25, 0.3) is 5.91 Å². The Morgan fingerprint density at radius 1 is 1.18 bits per heavy atom. The zero-order valence-electron chi connectivity index (χ0n) is 20.7. The molecule has 2 aromatic carbocycles. The Balaban J connectivity index is 1.47. The summed E-state index contributed by atoms with van der Waals surface area (Å²) in [5, 5.41) is 0.745. The summed E-state index contributed by atoms with van der Waals surface area (Å²) in [6, 6.07) is 12.3. The van der Waals surface area contributed by atoms with Gasteiger partial charge in [-0.05, 0) is 61.1 Å². The lowest BCUT2D eigenvalue weighted by Crippen LogP contribution is -2.40. The number of anilines is 1. The van der Waals surface area contributed by atoms with Gasteiger partial charge in [-0.15, -0.1) is 0 Å². The minimum atomic E-state index is -0.0663. The number of fused-ring (bicyclic) bond motifs is 1. The summed E-state index contributed by atoms with van der Waals surface area (Å²) >= 11 is 1.59. The van der Waals surface area contributed by atoms with Crippen molar-refractivity contribution in [1.29, 1.82) is 0 Å². The lowest BCUT2D eigenvalue weighted by molar-refractivity contribution is -0.120. The van der Waals surface area contributed by atoms with Crippen molar-refractivity contribution in [3.05, 3.63) is 53.1 Å². The zero-order valence-corrected chi connectivity index (χ0v) is 21.5. The third kappa shape index (κ3) is 6.14. The van der Waals surface area contributed by atoms with E-state index in [1.54, 1.807) is 11.3 Å². The predicted octanol–water partition coefficient (Wildman–Crippen LogP) is 5.17. The van der Waals surface area contributed by atoms with Crippen LogP contribution in [-0.2, 0) is 9.53 Å². The van der Waals surface area contributed by atoms with Gasteiger partial charge in [0.1, 0.15) is 5.75 Å². The first kappa shape index (κ1) is 24.6. The van der Waals surface area contributed by atoms with Crippen molar-refractivity contribution < 1.29 is 14.3 Å². The molecule has 4 rings (SSSR count). The molecule has 1 fully saturated rings. The van der Waals surface area contributed by atoms with Crippen LogP contribution in [0.4, 0.5) is 5.13 Å². The number of nitrogens with zero attached hydrogens (tertiary/aromatic N) is 3. The molecule has 0 bridgehead atoms. The van der Waals surface area contributed by atoms with E-state index in [0.29, 0.717) is 18.2 Å². The van der Waals surface area contributed by atoms with Crippen molar-refractivity contribution >= 4 is 32.6 Å². The molecular weight excluding hydrogens is 446 g/mol. The van der Waals surface area contributed by atoms with E-state index in [9.17, 15) is 4.79 Å². The minimum Gasteiger partial charge on any atom is -0.484 e. The second-order valence-corrected chi connectivity index (χ2v) is 10.3. The third-order valence-electron chi connectivity index (χ3n) is 6.21. The van der Waals surface area contributed by atoms with E-state index in [-0.39, 0.29) is 12.5 Å². The molecule has 0 spiro atoms. The minimum absolute atomic E-state index is 0.00743.